The Labute approximate surface area is 112 Å². The summed E-state index contributed by atoms with van der Waals surface area (Å²) >= 11 is 0. The van der Waals surface area contributed by atoms with Gasteiger partial charge in [-0.15, -0.1) is 0 Å². The average molecular weight is 274 g/mol. The summed E-state index contributed by atoms with van der Waals surface area (Å²) in [6.07, 6.45) is 0.104. The van der Waals surface area contributed by atoms with Crippen molar-refractivity contribution in [3.05, 3.63) is 54.1 Å². The molecule has 3 nitrogen and oxygen atoms in total. The number of hydrogen-bond acceptors (Lipinski definition) is 3. The largest absolute Gasteiger partial charge is 0.484 e. The van der Waals surface area contributed by atoms with Crippen molar-refractivity contribution in [3.63, 3.8) is 0 Å². The van der Waals surface area contributed by atoms with E-state index in [1.165, 1.54) is 0 Å². The molecule has 1 atom stereocenters. The highest BCUT2D eigenvalue weighted by atomic mass is 31.2. The molecule has 0 N–H and O–H groups in total. The Morgan fingerprint density at radius 1 is 1.05 bits per heavy atom. The van der Waals surface area contributed by atoms with Gasteiger partial charge in [0, 0.05) is 6.66 Å². The lowest BCUT2D eigenvalue weighted by Gasteiger charge is -2.14. The Morgan fingerprint density at radius 2 is 1.79 bits per heavy atom. The monoisotopic (exact) mass is 274 g/mol. The van der Waals surface area contributed by atoms with Crippen LogP contribution in [0.25, 0.3) is 11.1 Å². The molecule has 1 heterocycles. The van der Waals surface area contributed by atoms with Crippen molar-refractivity contribution in [3.8, 4) is 16.9 Å². The maximum Gasteiger partial charge on any atom is 0.236 e. The van der Waals surface area contributed by atoms with Gasteiger partial charge in [0.1, 0.15) is 5.75 Å². The molecule has 2 aromatic rings. The second-order valence-electron chi connectivity index (χ2n) is 4.79. The average Bonchev–Trinajstić information content (AvgIpc) is 2.44. The Balaban J connectivity index is 2.10. The summed E-state index contributed by atoms with van der Waals surface area (Å²) in [5, 5.41) is 0. The minimum absolute atomic E-state index is 0.104. The molecule has 3 rings (SSSR count). The van der Waals surface area contributed by atoms with Crippen molar-refractivity contribution in [2.24, 2.45) is 0 Å². The predicted molar refractivity (Wildman–Crippen MR) is 75.7 cm³/mol. The zero-order valence-electron chi connectivity index (χ0n) is 10.7. The number of fused-ring (bicyclic) bond motifs is 5. The van der Waals surface area contributed by atoms with Gasteiger partial charge in [-0.1, -0.05) is 30.3 Å². The minimum atomic E-state index is -2.73. The molecule has 0 fully saturated rings. The van der Waals surface area contributed by atoms with Crippen LogP contribution in [0.2, 0.25) is 0 Å². The van der Waals surface area contributed by atoms with Gasteiger partial charge in [-0.3, -0.25) is 4.57 Å². The fraction of sp³-hybridized carbons (Fsp3) is 0.200. The van der Waals surface area contributed by atoms with E-state index in [0.29, 0.717) is 6.61 Å². The molecule has 0 aromatic heterocycles. The lowest BCUT2D eigenvalue weighted by Crippen LogP contribution is -2.01. The summed E-state index contributed by atoms with van der Waals surface area (Å²) in [5.41, 5.74) is 3.22. The highest BCUT2D eigenvalue weighted by Gasteiger charge is 2.18. The molecule has 1 aliphatic heterocycles. The summed E-state index contributed by atoms with van der Waals surface area (Å²) in [4.78, 5) is 0. The Bertz CT molecular complexity index is 598. The van der Waals surface area contributed by atoms with E-state index in [0.717, 1.165) is 22.4 Å². The summed E-state index contributed by atoms with van der Waals surface area (Å²) in [6.45, 7) is 1.96. The van der Waals surface area contributed by atoms with Crippen molar-refractivity contribution in [1.82, 2.24) is 0 Å². The Hall–Kier alpha value is -1.57. The van der Waals surface area contributed by atoms with Gasteiger partial charge in [-0.2, -0.15) is 0 Å². The maximum atomic E-state index is 12.2. The standard InChI is InChI=1S/C15H15O3P/c1-19(16)11-17-15-7-3-6-14(9-15)13-5-2-4-12(8-13)10-18-19/h2-9H,10-11H2,1H3. The van der Waals surface area contributed by atoms with Crippen LogP contribution in [-0.4, -0.2) is 13.0 Å². The van der Waals surface area contributed by atoms with Crippen LogP contribution in [0.1, 0.15) is 5.56 Å². The van der Waals surface area contributed by atoms with Crippen molar-refractivity contribution >= 4 is 7.37 Å². The molecule has 0 saturated carbocycles. The van der Waals surface area contributed by atoms with Gasteiger partial charge in [0.05, 0.1) is 6.61 Å². The third kappa shape index (κ3) is 2.89. The van der Waals surface area contributed by atoms with Crippen molar-refractivity contribution < 1.29 is 13.8 Å². The van der Waals surface area contributed by atoms with Crippen LogP contribution in [0, 0.1) is 0 Å². The first-order valence-electron chi connectivity index (χ1n) is 6.16. The van der Waals surface area contributed by atoms with Gasteiger partial charge in [0.25, 0.3) is 0 Å². The number of benzene rings is 2. The van der Waals surface area contributed by atoms with Crippen LogP contribution in [0.5, 0.6) is 5.75 Å². The third-order valence-electron chi connectivity index (χ3n) is 3.06. The van der Waals surface area contributed by atoms with E-state index in [1.54, 1.807) is 6.66 Å². The molecular formula is C15H15O3P. The zero-order chi connectivity index (χ0) is 13.3. The van der Waals surface area contributed by atoms with Crippen LogP contribution in [0.3, 0.4) is 0 Å². The second kappa shape index (κ2) is 4.84. The number of ether oxygens (including phenoxy) is 1. The van der Waals surface area contributed by atoms with Gasteiger partial charge in [-0.25, -0.2) is 0 Å². The normalized spacial score (nSPS) is 22.2. The first-order chi connectivity index (χ1) is 9.12. The Kier molecular flexibility index (Phi) is 3.17. The smallest absolute Gasteiger partial charge is 0.236 e. The zero-order valence-corrected chi connectivity index (χ0v) is 11.6. The third-order valence-corrected chi connectivity index (χ3v) is 4.34. The van der Waals surface area contributed by atoms with E-state index in [1.807, 2.05) is 42.5 Å². The molecule has 4 heteroatoms. The van der Waals surface area contributed by atoms with Crippen molar-refractivity contribution in [2.45, 2.75) is 6.61 Å². The number of hydrogen-bond donors (Lipinski definition) is 0. The van der Waals surface area contributed by atoms with E-state index in [2.05, 4.69) is 6.07 Å². The fourth-order valence-electron chi connectivity index (χ4n) is 2.05. The molecule has 1 unspecified atom stereocenters. The Morgan fingerprint density at radius 3 is 2.63 bits per heavy atom. The molecule has 98 valence electrons. The predicted octanol–water partition coefficient (Wildman–Crippen LogP) is 4.13. The van der Waals surface area contributed by atoms with Crippen LogP contribution >= 0.6 is 7.37 Å². The van der Waals surface area contributed by atoms with Crippen molar-refractivity contribution in [1.29, 1.82) is 0 Å². The van der Waals surface area contributed by atoms with Crippen LogP contribution in [0.4, 0.5) is 0 Å². The lowest BCUT2D eigenvalue weighted by atomic mass is 10.0. The van der Waals surface area contributed by atoms with Gasteiger partial charge in [0.2, 0.25) is 7.37 Å². The van der Waals surface area contributed by atoms with Crippen molar-refractivity contribution in [2.75, 3.05) is 13.0 Å². The SMILES string of the molecule is CP1(=O)COc2cccc(c2)-c2cccc(c2)CO1. The van der Waals surface area contributed by atoms with Gasteiger partial charge in [0.15, 0.2) is 6.35 Å². The van der Waals surface area contributed by atoms with Crippen LogP contribution in [-0.2, 0) is 15.7 Å². The topological polar surface area (TPSA) is 35.5 Å². The van der Waals surface area contributed by atoms with Gasteiger partial charge < -0.3 is 9.26 Å². The van der Waals surface area contributed by atoms with Crippen LogP contribution in [0.15, 0.2) is 48.5 Å². The maximum absolute atomic E-state index is 12.2. The van der Waals surface area contributed by atoms with E-state index < -0.39 is 7.37 Å². The highest BCUT2D eigenvalue weighted by molar-refractivity contribution is 7.57. The molecule has 0 radical (unpaired) electrons. The van der Waals surface area contributed by atoms with Gasteiger partial charge in [-0.05, 0) is 34.9 Å². The molecule has 19 heavy (non-hydrogen) atoms. The first kappa shape index (κ1) is 12.5. The molecule has 1 aliphatic rings. The second-order valence-corrected chi connectivity index (χ2v) is 7.33. The van der Waals surface area contributed by atoms with E-state index in [9.17, 15) is 4.57 Å². The first-order valence-corrected chi connectivity index (χ1v) is 8.41. The highest BCUT2D eigenvalue weighted by Crippen LogP contribution is 2.44. The van der Waals surface area contributed by atoms with E-state index >= 15 is 0 Å². The molecule has 0 amide bonds. The fourth-order valence-corrected chi connectivity index (χ4v) is 2.93. The molecule has 0 saturated heterocycles. The summed E-state index contributed by atoms with van der Waals surface area (Å²) in [7, 11) is -2.73. The molecule has 2 aromatic carbocycles. The van der Waals surface area contributed by atoms with E-state index in [-0.39, 0.29) is 6.35 Å². The molecule has 0 aliphatic carbocycles. The molecule has 4 bridgehead atoms. The summed E-state index contributed by atoms with van der Waals surface area (Å²) in [5.74, 6) is 0.718. The summed E-state index contributed by atoms with van der Waals surface area (Å²) in [6, 6.07) is 15.9. The summed E-state index contributed by atoms with van der Waals surface area (Å²) < 4.78 is 23.3. The van der Waals surface area contributed by atoms with Crippen LogP contribution < -0.4 is 4.74 Å². The molecule has 0 spiro atoms. The van der Waals surface area contributed by atoms with Gasteiger partial charge >= 0.3 is 0 Å². The molecular weight excluding hydrogens is 259 g/mol. The number of rotatable bonds is 0. The lowest BCUT2D eigenvalue weighted by molar-refractivity contribution is 0.277. The van der Waals surface area contributed by atoms with E-state index in [4.69, 9.17) is 9.26 Å². The quantitative estimate of drug-likeness (QED) is 0.678. The minimum Gasteiger partial charge on any atom is -0.484 e.